The topological polar surface area (TPSA) is 41.5 Å². The summed E-state index contributed by atoms with van der Waals surface area (Å²) in [4.78, 5) is 0. The minimum Gasteiger partial charge on any atom is -0.491 e. The van der Waals surface area contributed by atoms with E-state index in [-0.39, 0.29) is 0 Å². The molecule has 0 saturated carbocycles. The van der Waals surface area contributed by atoms with E-state index in [1.807, 2.05) is 12.1 Å². The third-order valence-electron chi connectivity index (χ3n) is 3.02. The van der Waals surface area contributed by atoms with Gasteiger partial charge < -0.3 is 15.2 Å². The first-order valence-corrected chi connectivity index (χ1v) is 7.25. The lowest BCUT2D eigenvalue weighted by Crippen LogP contribution is -2.27. The third-order valence-corrected chi connectivity index (χ3v) is 3.02. The van der Waals surface area contributed by atoms with Gasteiger partial charge in [0.15, 0.2) is 0 Å². The fourth-order valence-electron chi connectivity index (χ4n) is 1.85. The second-order valence-corrected chi connectivity index (χ2v) is 5.20. The van der Waals surface area contributed by atoms with Crippen LogP contribution in [0.3, 0.4) is 0 Å². The molecule has 3 nitrogen and oxygen atoms in total. The van der Waals surface area contributed by atoms with Gasteiger partial charge in [0.1, 0.15) is 12.4 Å². The van der Waals surface area contributed by atoms with Gasteiger partial charge in [0.25, 0.3) is 0 Å². The number of ether oxygens (including phenoxy) is 1. The molecule has 2 atom stereocenters. The summed E-state index contributed by atoms with van der Waals surface area (Å²) in [5.41, 5.74) is 1.33. The van der Waals surface area contributed by atoms with Crippen molar-refractivity contribution in [3.8, 4) is 5.75 Å². The van der Waals surface area contributed by atoms with E-state index in [1.54, 1.807) is 6.92 Å². The summed E-state index contributed by atoms with van der Waals surface area (Å²) in [7, 11) is 0. The molecule has 0 saturated heterocycles. The standard InChI is InChI=1S/C16H27NO2/c1-4-11-17-13(2)5-6-15-7-9-16(10-8-15)19-12-14(3)18/h7-10,13-14,17-18H,4-6,11-12H2,1-3H3. The molecule has 1 rings (SSSR count). The summed E-state index contributed by atoms with van der Waals surface area (Å²) in [5, 5.41) is 12.6. The van der Waals surface area contributed by atoms with Crippen molar-refractivity contribution in [3.05, 3.63) is 29.8 Å². The fraction of sp³-hybridized carbons (Fsp3) is 0.625. The maximum Gasteiger partial charge on any atom is 0.119 e. The van der Waals surface area contributed by atoms with Gasteiger partial charge in [0.05, 0.1) is 6.10 Å². The molecule has 0 heterocycles. The Morgan fingerprint density at radius 2 is 1.89 bits per heavy atom. The van der Waals surface area contributed by atoms with E-state index in [1.165, 1.54) is 12.0 Å². The number of hydrogen-bond donors (Lipinski definition) is 2. The molecule has 2 unspecified atom stereocenters. The number of aliphatic hydroxyl groups is 1. The van der Waals surface area contributed by atoms with E-state index >= 15 is 0 Å². The fourth-order valence-corrected chi connectivity index (χ4v) is 1.85. The van der Waals surface area contributed by atoms with Crippen LogP contribution in [-0.2, 0) is 6.42 Å². The molecule has 0 spiro atoms. The predicted molar refractivity (Wildman–Crippen MR) is 79.7 cm³/mol. The molecule has 0 aliphatic rings. The van der Waals surface area contributed by atoms with Crippen molar-refractivity contribution in [2.24, 2.45) is 0 Å². The molecule has 0 fully saturated rings. The van der Waals surface area contributed by atoms with Crippen molar-refractivity contribution in [1.82, 2.24) is 5.32 Å². The average molecular weight is 265 g/mol. The zero-order valence-corrected chi connectivity index (χ0v) is 12.4. The van der Waals surface area contributed by atoms with Crippen LogP contribution in [0.15, 0.2) is 24.3 Å². The Kier molecular flexibility index (Phi) is 7.53. The Hall–Kier alpha value is -1.06. The summed E-state index contributed by atoms with van der Waals surface area (Å²) >= 11 is 0. The van der Waals surface area contributed by atoms with Crippen LogP contribution in [0, 0.1) is 0 Å². The highest BCUT2D eigenvalue weighted by Gasteiger charge is 2.02. The number of aryl methyl sites for hydroxylation is 1. The van der Waals surface area contributed by atoms with E-state index < -0.39 is 6.10 Å². The SMILES string of the molecule is CCCNC(C)CCc1ccc(OCC(C)O)cc1. The lowest BCUT2D eigenvalue weighted by Gasteiger charge is -2.13. The number of benzene rings is 1. The molecule has 2 N–H and O–H groups in total. The van der Waals surface area contributed by atoms with Crippen LogP contribution in [0.5, 0.6) is 5.75 Å². The molecule has 108 valence electrons. The van der Waals surface area contributed by atoms with Gasteiger partial charge in [-0.15, -0.1) is 0 Å². The summed E-state index contributed by atoms with van der Waals surface area (Å²) in [6.07, 6.45) is 2.98. The van der Waals surface area contributed by atoms with Gasteiger partial charge in [-0.2, -0.15) is 0 Å². The first kappa shape index (κ1) is 16.0. The van der Waals surface area contributed by atoms with Gasteiger partial charge in [-0.1, -0.05) is 19.1 Å². The molecule has 3 heteroatoms. The molecule has 1 aromatic rings. The molecule has 1 aromatic carbocycles. The van der Waals surface area contributed by atoms with Crippen LogP contribution in [-0.4, -0.2) is 30.4 Å². The van der Waals surface area contributed by atoms with E-state index in [0.29, 0.717) is 12.6 Å². The van der Waals surface area contributed by atoms with Crippen molar-refractivity contribution in [3.63, 3.8) is 0 Å². The average Bonchev–Trinajstić information content (AvgIpc) is 2.41. The Labute approximate surface area is 117 Å². The van der Waals surface area contributed by atoms with Crippen LogP contribution in [0.25, 0.3) is 0 Å². The minimum absolute atomic E-state index is 0.345. The summed E-state index contributed by atoms with van der Waals surface area (Å²) < 4.78 is 5.44. The van der Waals surface area contributed by atoms with Gasteiger partial charge in [-0.05, 0) is 57.4 Å². The Bertz CT molecular complexity index is 335. The van der Waals surface area contributed by atoms with Crippen LogP contribution >= 0.6 is 0 Å². The first-order chi connectivity index (χ1) is 9.11. The molecule has 19 heavy (non-hydrogen) atoms. The monoisotopic (exact) mass is 265 g/mol. The van der Waals surface area contributed by atoms with Crippen LogP contribution < -0.4 is 10.1 Å². The zero-order valence-electron chi connectivity index (χ0n) is 12.4. The second-order valence-electron chi connectivity index (χ2n) is 5.20. The van der Waals surface area contributed by atoms with Crippen LogP contribution in [0.1, 0.15) is 39.2 Å². The van der Waals surface area contributed by atoms with Gasteiger partial charge in [-0.3, -0.25) is 0 Å². The number of rotatable bonds is 9. The summed E-state index contributed by atoms with van der Waals surface area (Å²) in [6, 6.07) is 8.71. The van der Waals surface area contributed by atoms with Crippen molar-refractivity contribution in [2.75, 3.05) is 13.2 Å². The lowest BCUT2D eigenvalue weighted by atomic mass is 10.1. The molecule has 0 aromatic heterocycles. The van der Waals surface area contributed by atoms with E-state index in [0.717, 1.165) is 25.1 Å². The summed E-state index contributed by atoms with van der Waals surface area (Å²) in [5.74, 6) is 0.821. The number of nitrogens with one attached hydrogen (secondary N) is 1. The van der Waals surface area contributed by atoms with Crippen LogP contribution in [0.4, 0.5) is 0 Å². The van der Waals surface area contributed by atoms with Gasteiger partial charge in [0, 0.05) is 6.04 Å². The van der Waals surface area contributed by atoms with Gasteiger partial charge in [-0.25, -0.2) is 0 Å². The maximum atomic E-state index is 9.15. The number of hydrogen-bond acceptors (Lipinski definition) is 3. The van der Waals surface area contributed by atoms with E-state index in [9.17, 15) is 0 Å². The second kappa shape index (κ2) is 8.94. The largest absolute Gasteiger partial charge is 0.491 e. The number of aliphatic hydroxyl groups excluding tert-OH is 1. The molecule has 0 aliphatic carbocycles. The molecule has 0 bridgehead atoms. The Morgan fingerprint density at radius 3 is 2.47 bits per heavy atom. The van der Waals surface area contributed by atoms with Crippen molar-refractivity contribution >= 4 is 0 Å². The highest BCUT2D eigenvalue weighted by Crippen LogP contribution is 2.14. The zero-order chi connectivity index (χ0) is 14.1. The third kappa shape index (κ3) is 7.19. The quantitative estimate of drug-likeness (QED) is 0.721. The van der Waals surface area contributed by atoms with Crippen molar-refractivity contribution < 1.29 is 9.84 Å². The highest BCUT2D eigenvalue weighted by molar-refractivity contribution is 5.27. The maximum absolute atomic E-state index is 9.15. The lowest BCUT2D eigenvalue weighted by molar-refractivity contribution is 0.122. The smallest absolute Gasteiger partial charge is 0.119 e. The highest BCUT2D eigenvalue weighted by atomic mass is 16.5. The van der Waals surface area contributed by atoms with E-state index in [2.05, 4.69) is 31.3 Å². The summed E-state index contributed by atoms with van der Waals surface area (Å²) in [6.45, 7) is 7.57. The predicted octanol–water partition coefficient (Wildman–Crippen LogP) is 2.77. The van der Waals surface area contributed by atoms with Crippen molar-refractivity contribution in [2.45, 2.75) is 52.2 Å². The van der Waals surface area contributed by atoms with E-state index in [4.69, 9.17) is 9.84 Å². The van der Waals surface area contributed by atoms with Gasteiger partial charge >= 0.3 is 0 Å². The molecule has 0 aliphatic heterocycles. The minimum atomic E-state index is -0.426. The molecular formula is C16H27NO2. The van der Waals surface area contributed by atoms with Crippen molar-refractivity contribution in [1.29, 1.82) is 0 Å². The molecule has 0 amide bonds. The van der Waals surface area contributed by atoms with Gasteiger partial charge in [0.2, 0.25) is 0 Å². The molecular weight excluding hydrogens is 238 g/mol. The Balaban J connectivity index is 2.31. The normalized spacial score (nSPS) is 14.1. The first-order valence-electron chi connectivity index (χ1n) is 7.25. The van der Waals surface area contributed by atoms with Crippen LogP contribution in [0.2, 0.25) is 0 Å². The molecule has 0 radical (unpaired) electrons. The Morgan fingerprint density at radius 1 is 1.21 bits per heavy atom.